The van der Waals surface area contributed by atoms with Gasteiger partial charge in [-0.05, 0) is 0 Å². The first-order chi connectivity index (χ1) is 6.00. The Balaban J connectivity index is -0.0000000655. The SMILES string of the molecule is N=S(=O)([O-])[O-].NS(=O)(=O)O.NS(=O)(=O)[O-].[Al+3]. The molecule has 0 fully saturated rings. The normalized spacial score (nSPS) is 10.9. The van der Waals surface area contributed by atoms with Crippen LogP contribution < -0.4 is 10.3 Å². The Hall–Kier alpha value is 0.142. The Kier molecular flexibility index (Phi) is 14.4. The molecule has 0 atom stereocenters. The van der Waals surface area contributed by atoms with Crippen LogP contribution in [0.4, 0.5) is 0 Å². The molecule has 0 rings (SSSR count). The van der Waals surface area contributed by atoms with Gasteiger partial charge >= 0.3 is 27.7 Å². The summed E-state index contributed by atoms with van der Waals surface area (Å²) in [4.78, 5) is 0. The van der Waals surface area contributed by atoms with Gasteiger partial charge < -0.3 is 13.7 Å². The van der Waals surface area contributed by atoms with E-state index in [0.717, 1.165) is 0 Å². The molecular weight excluding hydrogens is 309 g/mol. The third-order valence-corrected chi connectivity index (χ3v) is 0. The van der Waals surface area contributed by atoms with Gasteiger partial charge in [-0.25, -0.2) is 18.7 Å². The van der Waals surface area contributed by atoms with E-state index in [1.165, 1.54) is 0 Å². The molecule has 0 aromatic rings. The Labute approximate surface area is 103 Å². The fourth-order valence-electron chi connectivity index (χ4n) is 0. The summed E-state index contributed by atoms with van der Waals surface area (Å²) in [5, 5.41) is 7.65. The Morgan fingerprint density at radius 1 is 0.938 bits per heavy atom. The van der Waals surface area contributed by atoms with E-state index in [0.29, 0.717) is 0 Å². The van der Waals surface area contributed by atoms with Crippen LogP contribution in [0, 0.1) is 4.78 Å². The first kappa shape index (κ1) is 25.1. The van der Waals surface area contributed by atoms with Crippen molar-refractivity contribution in [3.05, 3.63) is 0 Å². The van der Waals surface area contributed by atoms with E-state index in [2.05, 4.69) is 10.3 Å². The number of nitrogens with one attached hydrogen (secondary N) is 1. The van der Waals surface area contributed by atoms with Crippen molar-refractivity contribution in [1.29, 1.82) is 4.78 Å². The van der Waals surface area contributed by atoms with E-state index in [4.69, 9.17) is 44.0 Å². The van der Waals surface area contributed by atoms with Gasteiger partial charge in [0.1, 0.15) is 0 Å². The van der Waals surface area contributed by atoms with Crippen LogP contribution in [0.1, 0.15) is 0 Å². The van der Waals surface area contributed by atoms with Crippen LogP contribution in [0.25, 0.3) is 0 Å². The molecule has 0 unspecified atom stereocenters. The molecule has 0 bridgehead atoms. The van der Waals surface area contributed by atoms with E-state index in [1.807, 2.05) is 0 Å². The van der Waals surface area contributed by atoms with E-state index in [-0.39, 0.29) is 17.4 Å². The minimum atomic E-state index is -4.67. The first-order valence-electron chi connectivity index (χ1n) is 2.19. The monoisotopic (exact) mass is 315 g/mol. The summed E-state index contributed by atoms with van der Waals surface area (Å²) < 4.78 is 83.3. The zero-order valence-corrected chi connectivity index (χ0v) is 10.8. The van der Waals surface area contributed by atoms with Crippen LogP contribution in [0.3, 0.4) is 0 Å². The van der Waals surface area contributed by atoms with E-state index < -0.39 is 30.9 Å². The molecule has 0 aliphatic heterocycles. The van der Waals surface area contributed by atoms with E-state index in [9.17, 15) is 0 Å². The zero-order chi connectivity index (χ0) is 13.5. The smallest absolute Gasteiger partial charge is 0.775 e. The van der Waals surface area contributed by atoms with Gasteiger partial charge in [0.25, 0.3) is 0 Å². The summed E-state index contributed by atoms with van der Waals surface area (Å²) in [6.07, 6.45) is 0. The van der Waals surface area contributed by atoms with Crippen molar-refractivity contribution in [3.63, 3.8) is 0 Å². The minimum absolute atomic E-state index is 0. The zero-order valence-electron chi connectivity index (χ0n) is 7.17. The Morgan fingerprint density at radius 3 is 0.938 bits per heavy atom. The number of nitrogens with two attached hydrogens (primary N) is 2. The molecule has 6 N–H and O–H groups in total. The molecule has 12 nitrogen and oxygen atoms in total. The molecule has 16 heavy (non-hydrogen) atoms. The van der Waals surface area contributed by atoms with Crippen molar-refractivity contribution in [2.24, 2.45) is 10.3 Å². The first-order valence-corrected chi connectivity index (χ1v) is 6.57. The molecule has 0 spiro atoms. The maximum absolute atomic E-state index is 8.97. The van der Waals surface area contributed by atoms with Crippen LogP contribution in [0.2, 0.25) is 0 Å². The molecule has 0 aliphatic carbocycles. The van der Waals surface area contributed by atoms with Crippen LogP contribution in [-0.2, 0) is 30.9 Å². The molecule has 0 heterocycles. The molecule has 0 aliphatic rings. The summed E-state index contributed by atoms with van der Waals surface area (Å²) in [6, 6.07) is 0. The fraction of sp³-hybridized carbons (Fsp3) is 0. The van der Waals surface area contributed by atoms with Gasteiger partial charge in [0.05, 0.1) is 0 Å². The van der Waals surface area contributed by atoms with Crippen LogP contribution in [0.5, 0.6) is 0 Å². The topological polar surface area (TPSA) is 251 Å². The summed E-state index contributed by atoms with van der Waals surface area (Å²) >= 11 is 0. The average Bonchev–Trinajstić information content (AvgIpc) is 1.41. The van der Waals surface area contributed by atoms with Gasteiger partial charge in [-0.2, -0.15) is 8.42 Å². The van der Waals surface area contributed by atoms with Crippen LogP contribution >= 0.6 is 0 Å². The maximum atomic E-state index is 8.97. The van der Waals surface area contributed by atoms with E-state index >= 15 is 0 Å². The number of rotatable bonds is 0. The molecule has 96 valence electrons. The predicted molar refractivity (Wildman–Crippen MR) is 47.8 cm³/mol. The molecule has 0 saturated heterocycles. The predicted octanol–water partition coefficient (Wildman–Crippen LogP) is -3.93. The maximum Gasteiger partial charge on any atom is 3.00 e. The molecule has 0 aromatic carbocycles. The van der Waals surface area contributed by atoms with Crippen molar-refractivity contribution in [3.8, 4) is 0 Å². The largest absolute Gasteiger partial charge is 3.00 e. The summed E-state index contributed by atoms with van der Waals surface area (Å²) in [6.45, 7) is 0. The third-order valence-electron chi connectivity index (χ3n) is 0. The Bertz CT molecular complexity index is 347. The van der Waals surface area contributed by atoms with E-state index in [1.54, 1.807) is 0 Å². The van der Waals surface area contributed by atoms with Crippen molar-refractivity contribution < 1.29 is 39.3 Å². The van der Waals surface area contributed by atoms with Crippen LogP contribution in [0.15, 0.2) is 0 Å². The summed E-state index contributed by atoms with van der Waals surface area (Å²) in [7, 11) is -13.2. The van der Waals surface area contributed by atoms with Crippen molar-refractivity contribution in [2.75, 3.05) is 0 Å². The fourth-order valence-corrected chi connectivity index (χ4v) is 0. The third kappa shape index (κ3) is 120000. The van der Waals surface area contributed by atoms with Gasteiger partial charge in [0, 0.05) is 0 Å². The molecule has 0 aromatic heterocycles. The summed E-state index contributed by atoms with van der Waals surface area (Å²) in [5.74, 6) is 0. The molecule has 16 heteroatoms. The minimum Gasteiger partial charge on any atom is -0.775 e. The molecule has 0 radical (unpaired) electrons. The van der Waals surface area contributed by atoms with Crippen molar-refractivity contribution in [1.82, 2.24) is 0 Å². The number of hydrogen-bond acceptors (Lipinski definition) is 9. The van der Waals surface area contributed by atoms with Gasteiger partial charge in [-0.3, -0.25) is 13.5 Å². The standard InChI is InChI=1S/Al.3H3NO3S/c;3*1-5(2,3)4/h;3*(H3,1,2,3,4)/q+3;;;/p-3. The summed E-state index contributed by atoms with van der Waals surface area (Å²) in [5.41, 5.74) is 0. The average molecular weight is 315 g/mol. The second-order valence-corrected chi connectivity index (χ2v) is 4.39. The molecule has 0 saturated carbocycles. The van der Waals surface area contributed by atoms with Gasteiger partial charge in [0.2, 0.25) is 0 Å². The number of hydrogen-bond donors (Lipinski definition) is 4. The molecule has 0 amide bonds. The van der Waals surface area contributed by atoms with Crippen molar-refractivity contribution in [2.45, 2.75) is 0 Å². The molecular formula is H6AlN3O9S3. The van der Waals surface area contributed by atoms with Gasteiger partial charge in [-0.15, -0.1) is 0 Å². The van der Waals surface area contributed by atoms with Gasteiger partial charge in [0.15, 0.2) is 10.3 Å². The van der Waals surface area contributed by atoms with Crippen molar-refractivity contribution >= 4 is 48.3 Å². The second-order valence-electron chi connectivity index (χ2n) is 1.46. The second kappa shape index (κ2) is 9.20. The Morgan fingerprint density at radius 2 is 0.938 bits per heavy atom. The van der Waals surface area contributed by atoms with Crippen LogP contribution in [-0.4, -0.2) is 56.6 Å². The quantitative estimate of drug-likeness (QED) is 0.251. The van der Waals surface area contributed by atoms with Gasteiger partial charge in [-0.1, -0.05) is 10.3 Å².